The van der Waals surface area contributed by atoms with E-state index >= 15 is 0 Å². The minimum atomic E-state index is -0.630. The molecular weight excluding hydrogens is 371 g/mol. The maximum Gasteiger partial charge on any atom is 0.306 e. The van der Waals surface area contributed by atoms with Crippen LogP contribution >= 0.6 is 0 Å². The van der Waals surface area contributed by atoms with E-state index in [1.165, 1.54) is 24.3 Å². The third kappa shape index (κ3) is 5.69. The minimum Gasteiger partial charge on any atom is -0.457 e. The molecule has 0 bridgehead atoms. The quantitative estimate of drug-likeness (QED) is 0.406. The van der Waals surface area contributed by atoms with Gasteiger partial charge in [-0.25, -0.2) is 4.39 Å². The Morgan fingerprint density at radius 3 is 1.86 bits per heavy atom. The summed E-state index contributed by atoms with van der Waals surface area (Å²) in [5.74, 6) is -1.67. The Bertz CT molecular complexity index is 993. The van der Waals surface area contributed by atoms with Crippen molar-refractivity contribution in [2.45, 2.75) is 12.8 Å². The number of carbonyl (C=O) groups excluding carboxylic acids is 3. The van der Waals surface area contributed by atoms with Crippen molar-refractivity contribution in [1.29, 1.82) is 0 Å². The molecule has 3 aromatic carbocycles. The van der Waals surface area contributed by atoms with Gasteiger partial charge >= 0.3 is 5.97 Å². The van der Waals surface area contributed by atoms with E-state index in [-0.39, 0.29) is 31.0 Å². The maximum absolute atomic E-state index is 12.9. The molecule has 0 fully saturated rings. The molecule has 0 atom stereocenters. The van der Waals surface area contributed by atoms with Crippen molar-refractivity contribution >= 4 is 17.5 Å². The molecule has 0 heterocycles. The van der Waals surface area contributed by atoms with Crippen LogP contribution in [-0.4, -0.2) is 24.1 Å². The Morgan fingerprint density at radius 2 is 1.21 bits per heavy atom. The van der Waals surface area contributed by atoms with Crippen molar-refractivity contribution in [3.05, 3.63) is 95.8 Å². The highest BCUT2D eigenvalue weighted by atomic mass is 19.1. The van der Waals surface area contributed by atoms with Crippen LogP contribution in [-0.2, 0) is 9.53 Å². The smallest absolute Gasteiger partial charge is 0.306 e. The summed E-state index contributed by atoms with van der Waals surface area (Å²) < 4.78 is 17.8. The van der Waals surface area contributed by atoms with E-state index < -0.39 is 11.8 Å². The highest BCUT2D eigenvalue weighted by Gasteiger charge is 2.13. The molecule has 29 heavy (non-hydrogen) atoms. The fourth-order valence-corrected chi connectivity index (χ4v) is 2.78. The number of ketones is 2. The van der Waals surface area contributed by atoms with Crippen LogP contribution in [0.15, 0.2) is 78.9 Å². The van der Waals surface area contributed by atoms with Gasteiger partial charge in [0.2, 0.25) is 0 Å². The third-order valence-electron chi connectivity index (χ3n) is 4.40. The normalized spacial score (nSPS) is 10.4. The van der Waals surface area contributed by atoms with Crippen molar-refractivity contribution in [3.8, 4) is 11.1 Å². The molecule has 5 heteroatoms. The van der Waals surface area contributed by atoms with Gasteiger partial charge in [-0.05, 0) is 35.4 Å². The summed E-state index contributed by atoms with van der Waals surface area (Å²) in [6, 6.07) is 21.9. The molecule has 0 aromatic heterocycles. The lowest BCUT2D eigenvalue weighted by Gasteiger charge is -2.06. The second-order valence-electron chi connectivity index (χ2n) is 6.46. The number of ether oxygens (including phenoxy) is 1. The number of esters is 1. The largest absolute Gasteiger partial charge is 0.457 e. The van der Waals surface area contributed by atoms with Crippen LogP contribution < -0.4 is 0 Å². The van der Waals surface area contributed by atoms with Crippen molar-refractivity contribution < 1.29 is 23.5 Å². The van der Waals surface area contributed by atoms with E-state index in [0.29, 0.717) is 11.1 Å². The fraction of sp³-hybridized carbons (Fsp3) is 0.125. The molecule has 0 radical (unpaired) electrons. The monoisotopic (exact) mass is 390 g/mol. The van der Waals surface area contributed by atoms with Gasteiger partial charge in [-0.2, -0.15) is 0 Å². The molecule has 0 spiro atoms. The molecule has 0 unspecified atom stereocenters. The maximum atomic E-state index is 12.9. The first-order valence-corrected chi connectivity index (χ1v) is 9.16. The van der Waals surface area contributed by atoms with Crippen LogP contribution in [0.3, 0.4) is 0 Å². The summed E-state index contributed by atoms with van der Waals surface area (Å²) >= 11 is 0. The second-order valence-corrected chi connectivity index (χ2v) is 6.46. The Balaban J connectivity index is 1.46. The van der Waals surface area contributed by atoms with Gasteiger partial charge < -0.3 is 4.74 Å². The number of benzene rings is 3. The van der Waals surface area contributed by atoms with Crippen molar-refractivity contribution in [2.24, 2.45) is 0 Å². The zero-order chi connectivity index (χ0) is 20.6. The summed E-state index contributed by atoms with van der Waals surface area (Å²) in [6.07, 6.45) is -0.207. The molecule has 3 rings (SSSR count). The molecule has 0 aliphatic carbocycles. The first-order valence-electron chi connectivity index (χ1n) is 9.16. The molecule has 0 amide bonds. The first-order chi connectivity index (χ1) is 14.0. The van der Waals surface area contributed by atoms with E-state index in [0.717, 1.165) is 11.1 Å². The van der Waals surface area contributed by atoms with E-state index in [4.69, 9.17) is 4.74 Å². The Kier molecular flexibility index (Phi) is 6.63. The molecule has 0 saturated heterocycles. The lowest BCUT2D eigenvalue weighted by molar-refractivity contribution is -0.142. The molecule has 4 nitrogen and oxygen atoms in total. The predicted molar refractivity (Wildman–Crippen MR) is 107 cm³/mol. The van der Waals surface area contributed by atoms with E-state index in [1.54, 1.807) is 12.1 Å². The van der Waals surface area contributed by atoms with Gasteiger partial charge in [0.05, 0.1) is 6.42 Å². The highest BCUT2D eigenvalue weighted by molar-refractivity contribution is 5.99. The highest BCUT2D eigenvalue weighted by Crippen LogP contribution is 2.19. The SMILES string of the molecule is O=C(CCC(=O)c1ccc(F)cc1)OCC(=O)c1ccc(-c2ccccc2)cc1. The summed E-state index contributed by atoms with van der Waals surface area (Å²) in [5.41, 5.74) is 2.80. The predicted octanol–water partition coefficient (Wildman–Crippen LogP) is 4.88. The number of halogens is 1. The summed E-state index contributed by atoms with van der Waals surface area (Å²) in [6.45, 7) is -0.381. The van der Waals surface area contributed by atoms with E-state index in [2.05, 4.69) is 0 Å². The summed E-state index contributed by atoms with van der Waals surface area (Å²) in [4.78, 5) is 36.0. The van der Waals surface area contributed by atoms with Crippen LogP contribution in [0.25, 0.3) is 11.1 Å². The summed E-state index contributed by atoms with van der Waals surface area (Å²) in [5, 5.41) is 0. The Hall–Kier alpha value is -3.60. The van der Waals surface area contributed by atoms with Crippen LogP contribution in [0.1, 0.15) is 33.6 Å². The molecule has 0 saturated carbocycles. The molecule has 0 aliphatic heterocycles. The molecule has 146 valence electrons. The summed E-state index contributed by atoms with van der Waals surface area (Å²) in [7, 11) is 0. The number of Topliss-reactive ketones (excluding diaryl/α,β-unsaturated/α-hetero) is 2. The van der Waals surface area contributed by atoms with Crippen LogP contribution in [0.4, 0.5) is 4.39 Å². The lowest BCUT2D eigenvalue weighted by atomic mass is 10.0. The topological polar surface area (TPSA) is 60.4 Å². The van der Waals surface area contributed by atoms with E-state index in [9.17, 15) is 18.8 Å². The van der Waals surface area contributed by atoms with Crippen LogP contribution in [0.5, 0.6) is 0 Å². The second kappa shape index (κ2) is 9.55. The van der Waals surface area contributed by atoms with Crippen molar-refractivity contribution in [1.82, 2.24) is 0 Å². The average Bonchev–Trinajstić information content (AvgIpc) is 2.77. The number of carbonyl (C=O) groups is 3. The third-order valence-corrected chi connectivity index (χ3v) is 4.40. The van der Waals surface area contributed by atoms with Crippen LogP contribution in [0, 0.1) is 5.82 Å². The number of hydrogen-bond donors (Lipinski definition) is 0. The van der Waals surface area contributed by atoms with Gasteiger partial charge in [0.25, 0.3) is 0 Å². The number of rotatable bonds is 8. The zero-order valence-corrected chi connectivity index (χ0v) is 15.6. The zero-order valence-electron chi connectivity index (χ0n) is 15.6. The van der Waals surface area contributed by atoms with Crippen LogP contribution in [0.2, 0.25) is 0 Å². The first kappa shape index (κ1) is 20.1. The van der Waals surface area contributed by atoms with Gasteiger partial charge in [0.15, 0.2) is 18.2 Å². The van der Waals surface area contributed by atoms with Gasteiger partial charge in [-0.1, -0.05) is 54.6 Å². The molecule has 0 N–H and O–H groups in total. The Morgan fingerprint density at radius 1 is 0.655 bits per heavy atom. The van der Waals surface area contributed by atoms with Gasteiger partial charge in [-0.3, -0.25) is 14.4 Å². The Labute approximate surface area is 167 Å². The van der Waals surface area contributed by atoms with Gasteiger partial charge in [0, 0.05) is 17.5 Å². The molecule has 3 aromatic rings. The number of hydrogen-bond acceptors (Lipinski definition) is 4. The van der Waals surface area contributed by atoms with Gasteiger partial charge in [0.1, 0.15) is 5.82 Å². The molecular formula is C24H19FO4. The minimum absolute atomic E-state index is 0.0651. The standard InChI is InChI=1S/C24H19FO4/c25-21-12-10-19(11-13-21)22(26)14-15-24(28)29-16-23(27)20-8-6-18(7-9-20)17-4-2-1-3-5-17/h1-13H,14-16H2. The van der Waals surface area contributed by atoms with Crippen molar-refractivity contribution in [2.75, 3.05) is 6.61 Å². The van der Waals surface area contributed by atoms with Crippen molar-refractivity contribution in [3.63, 3.8) is 0 Å². The fourth-order valence-electron chi connectivity index (χ4n) is 2.78. The van der Waals surface area contributed by atoms with E-state index in [1.807, 2.05) is 42.5 Å². The molecule has 0 aliphatic rings. The lowest BCUT2D eigenvalue weighted by Crippen LogP contribution is -2.15. The van der Waals surface area contributed by atoms with Gasteiger partial charge in [-0.15, -0.1) is 0 Å². The average molecular weight is 390 g/mol.